The van der Waals surface area contributed by atoms with Crippen molar-refractivity contribution in [1.29, 1.82) is 0 Å². The standard InChI is InChI=1S/C16H22BrFN2O2.ClH/c1-2-19-10-12-5-7-20(8-6-12)16(21)11-22-15-4-3-13(17)9-14(15)18;/h3-4,9,12,19H,2,5-8,10-11H2,1H3;1H. The summed E-state index contributed by atoms with van der Waals surface area (Å²) in [5.74, 6) is 0.197. The number of hydrogen-bond donors (Lipinski definition) is 1. The van der Waals surface area contributed by atoms with Crippen molar-refractivity contribution < 1.29 is 13.9 Å². The van der Waals surface area contributed by atoms with Crippen LogP contribution in [0.2, 0.25) is 0 Å². The second kappa shape index (κ2) is 10.1. The van der Waals surface area contributed by atoms with Crippen LogP contribution in [0, 0.1) is 11.7 Å². The van der Waals surface area contributed by atoms with Gasteiger partial charge in [-0.3, -0.25) is 4.79 Å². The van der Waals surface area contributed by atoms with Crippen molar-refractivity contribution in [3.05, 3.63) is 28.5 Å². The summed E-state index contributed by atoms with van der Waals surface area (Å²) in [5.41, 5.74) is 0. The number of halogens is 3. The maximum Gasteiger partial charge on any atom is 0.260 e. The van der Waals surface area contributed by atoms with Crippen molar-refractivity contribution in [2.24, 2.45) is 5.92 Å². The number of ether oxygens (including phenoxy) is 1. The number of carbonyl (C=O) groups excluding carboxylic acids is 1. The van der Waals surface area contributed by atoms with E-state index in [9.17, 15) is 9.18 Å². The van der Waals surface area contributed by atoms with E-state index in [1.807, 2.05) is 0 Å². The first-order chi connectivity index (χ1) is 10.6. The summed E-state index contributed by atoms with van der Waals surface area (Å²) >= 11 is 3.19. The molecular weight excluding hydrogens is 387 g/mol. The van der Waals surface area contributed by atoms with Gasteiger partial charge in [0.1, 0.15) is 0 Å². The first kappa shape index (κ1) is 20.2. The van der Waals surface area contributed by atoms with E-state index in [1.165, 1.54) is 12.1 Å². The normalized spacial score (nSPS) is 15.2. The Balaban J connectivity index is 0.00000264. The molecule has 1 amide bonds. The second-order valence-electron chi connectivity index (χ2n) is 5.50. The molecule has 1 aromatic carbocycles. The zero-order chi connectivity index (χ0) is 15.9. The number of carbonyl (C=O) groups is 1. The number of hydrogen-bond acceptors (Lipinski definition) is 3. The summed E-state index contributed by atoms with van der Waals surface area (Å²) < 4.78 is 19.6. The van der Waals surface area contributed by atoms with Gasteiger partial charge in [-0.05, 0) is 50.0 Å². The fourth-order valence-corrected chi connectivity index (χ4v) is 2.89. The molecule has 1 aromatic rings. The van der Waals surface area contributed by atoms with E-state index in [0.29, 0.717) is 10.4 Å². The predicted octanol–water partition coefficient (Wildman–Crippen LogP) is 3.24. The number of benzene rings is 1. The Hall–Kier alpha value is -0.850. The highest BCUT2D eigenvalue weighted by Gasteiger charge is 2.22. The van der Waals surface area contributed by atoms with Crippen LogP contribution in [0.25, 0.3) is 0 Å². The van der Waals surface area contributed by atoms with Gasteiger partial charge in [0.25, 0.3) is 5.91 Å². The van der Waals surface area contributed by atoms with Gasteiger partial charge in [-0.15, -0.1) is 12.4 Å². The van der Waals surface area contributed by atoms with Crippen molar-refractivity contribution in [3.63, 3.8) is 0 Å². The topological polar surface area (TPSA) is 41.6 Å². The Morgan fingerprint density at radius 3 is 2.74 bits per heavy atom. The van der Waals surface area contributed by atoms with Gasteiger partial charge in [0.05, 0.1) is 0 Å². The molecule has 0 saturated carbocycles. The number of amides is 1. The molecule has 1 aliphatic rings. The van der Waals surface area contributed by atoms with Gasteiger partial charge in [-0.1, -0.05) is 22.9 Å². The molecule has 1 fully saturated rings. The predicted molar refractivity (Wildman–Crippen MR) is 94.7 cm³/mol. The highest BCUT2D eigenvalue weighted by Crippen LogP contribution is 2.22. The molecule has 1 aliphatic heterocycles. The van der Waals surface area contributed by atoms with Crippen LogP contribution in [0.15, 0.2) is 22.7 Å². The molecule has 130 valence electrons. The fourth-order valence-electron chi connectivity index (χ4n) is 2.56. The van der Waals surface area contributed by atoms with Crippen molar-refractivity contribution >= 4 is 34.2 Å². The van der Waals surface area contributed by atoms with E-state index in [1.54, 1.807) is 11.0 Å². The number of likely N-dealkylation sites (tertiary alicyclic amines) is 1. The van der Waals surface area contributed by atoms with Crippen LogP contribution in [0.5, 0.6) is 5.75 Å². The molecule has 0 spiro atoms. The van der Waals surface area contributed by atoms with Crippen LogP contribution in [-0.4, -0.2) is 43.6 Å². The van der Waals surface area contributed by atoms with Crippen LogP contribution in [-0.2, 0) is 4.79 Å². The molecule has 0 unspecified atom stereocenters. The minimum absolute atomic E-state index is 0. The number of nitrogens with zero attached hydrogens (tertiary/aromatic N) is 1. The summed E-state index contributed by atoms with van der Waals surface area (Å²) in [6, 6.07) is 4.54. The largest absolute Gasteiger partial charge is 0.481 e. The van der Waals surface area contributed by atoms with Crippen molar-refractivity contribution in [3.8, 4) is 5.75 Å². The number of nitrogens with one attached hydrogen (secondary N) is 1. The van der Waals surface area contributed by atoms with Gasteiger partial charge < -0.3 is 15.0 Å². The first-order valence-corrected chi connectivity index (χ1v) is 8.45. The van der Waals surface area contributed by atoms with Gasteiger partial charge in [0, 0.05) is 17.6 Å². The Kier molecular flexibility index (Phi) is 8.87. The lowest BCUT2D eigenvalue weighted by atomic mass is 9.97. The third-order valence-electron chi connectivity index (χ3n) is 3.90. The summed E-state index contributed by atoms with van der Waals surface area (Å²) in [6.45, 7) is 5.47. The monoisotopic (exact) mass is 408 g/mol. The lowest BCUT2D eigenvalue weighted by molar-refractivity contribution is -0.134. The Labute approximate surface area is 151 Å². The van der Waals surface area contributed by atoms with Crippen LogP contribution in [0.4, 0.5) is 4.39 Å². The van der Waals surface area contributed by atoms with Gasteiger partial charge in [0.15, 0.2) is 18.2 Å². The summed E-state index contributed by atoms with van der Waals surface area (Å²) in [6.07, 6.45) is 2.01. The molecule has 0 aromatic heterocycles. The molecule has 1 saturated heterocycles. The third kappa shape index (κ3) is 6.28. The summed E-state index contributed by atoms with van der Waals surface area (Å²) in [5, 5.41) is 3.35. The lowest BCUT2D eigenvalue weighted by Crippen LogP contribution is -2.42. The highest BCUT2D eigenvalue weighted by molar-refractivity contribution is 9.10. The van der Waals surface area contributed by atoms with E-state index >= 15 is 0 Å². The number of rotatable bonds is 6. The van der Waals surface area contributed by atoms with Crippen molar-refractivity contribution in [1.82, 2.24) is 10.2 Å². The molecule has 0 aliphatic carbocycles. The average molecular weight is 410 g/mol. The lowest BCUT2D eigenvalue weighted by Gasteiger charge is -2.32. The molecule has 1 heterocycles. The summed E-state index contributed by atoms with van der Waals surface area (Å²) in [7, 11) is 0. The zero-order valence-corrected chi connectivity index (χ0v) is 15.6. The quantitative estimate of drug-likeness (QED) is 0.784. The van der Waals surface area contributed by atoms with Gasteiger partial charge in [-0.25, -0.2) is 4.39 Å². The SMILES string of the molecule is CCNCC1CCN(C(=O)COc2ccc(Br)cc2F)CC1.Cl. The van der Waals surface area contributed by atoms with Gasteiger partial charge >= 0.3 is 0 Å². The molecule has 0 bridgehead atoms. The van der Waals surface area contributed by atoms with Crippen LogP contribution in [0.1, 0.15) is 19.8 Å². The van der Waals surface area contributed by atoms with Crippen molar-refractivity contribution in [2.75, 3.05) is 32.8 Å². The first-order valence-electron chi connectivity index (χ1n) is 7.66. The molecule has 4 nitrogen and oxygen atoms in total. The van der Waals surface area contributed by atoms with Crippen LogP contribution >= 0.6 is 28.3 Å². The fraction of sp³-hybridized carbons (Fsp3) is 0.562. The molecule has 2 rings (SSSR count). The maximum absolute atomic E-state index is 13.6. The summed E-state index contributed by atoms with van der Waals surface area (Å²) in [4.78, 5) is 13.9. The Morgan fingerprint density at radius 1 is 1.43 bits per heavy atom. The zero-order valence-electron chi connectivity index (χ0n) is 13.2. The smallest absolute Gasteiger partial charge is 0.260 e. The minimum atomic E-state index is -0.466. The molecule has 0 atom stereocenters. The molecule has 1 N–H and O–H groups in total. The highest BCUT2D eigenvalue weighted by atomic mass is 79.9. The van der Waals surface area contributed by atoms with E-state index in [0.717, 1.165) is 39.0 Å². The van der Waals surface area contributed by atoms with E-state index < -0.39 is 5.82 Å². The van der Waals surface area contributed by atoms with Crippen molar-refractivity contribution in [2.45, 2.75) is 19.8 Å². The Bertz CT molecular complexity index is 511. The van der Waals surface area contributed by atoms with Crippen LogP contribution < -0.4 is 10.1 Å². The maximum atomic E-state index is 13.6. The minimum Gasteiger partial charge on any atom is -0.481 e. The molecule has 0 radical (unpaired) electrons. The molecule has 23 heavy (non-hydrogen) atoms. The van der Waals surface area contributed by atoms with E-state index in [2.05, 4.69) is 28.2 Å². The van der Waals surface area contributed by atoms with Crippen LogP contribution in [0.3, 0.4) is 0 Å². The van der Waals surface area contributed by atoms with Gasteiger partial charge in [-0.2, -0.15) is 0 Å². The second-order valence-corrected chi connectivity index (χ2v) is 6.41. The third-order valence-corrected chi connectivity index (χ3v) is 4.39. The van der Waals surface area contributed by atoms with E-state index in [-0.39, 0.29) is 30.7 Å². The Morgan fingerprint density at radius 2 is 2.13 bits per heavy atom. The van der Waals surface area contributed by atoms with Gasteiger partial charge in [0.2, 0.25) is 0 Å². The average Bonchev–Trinajstić information content (AvgIpc) is 2.52. The molecule has 7 heteroatoms. The molecular formula is C16H23BrClFN2O2. The number of piperidine rings is 1. The van der Waals surface area contributed by atoms with E-state index in [4.69, 9.17) is 4.74 Å².